The van der Waals surface area contributed by atoms with Gasteiger partial charge in [-0.15, -0.1) is 0 Å². The van der Waals surface area contributed by atoms with Crippen molar-refractivity contribution in [3.8, 4) is 0 Å². The van der Waals surface area contributed by atoms with Crippen LogP contribution in [0.3, 0.4) is 0 Å². The average Bonchev–Trinajstić information content (AvgIpc) is 3.26. The van der Waals surface area contributed by atoms with Crippen molar-refractivity contribution in [1.29, 1.82) is 0 Å². The maximum atomic E-state index is 5.47. The molecule has 1 saturated carbocycles. The number of hydrogen-bond donors (Lipinski definition) is 3. The topological polar surface area (TPSA) is 75.9 Å². The van der Waals surface area contributed by atoms with E-state index in [0.717, 1.165) is 39.1 Å². The summed E-state index contributed by atoms with van der Waals surface area (Å²) in [5.74, 6) is 8.14. The molecular weight excluding hydrogens is 386 g/mol. The molecular formula is C13H13Br2N5. The van der Waals surface area contributed by atoms with Crippen LogP contribution in [0.2, 0.25) is 0 Å². The second-order valence-corrected chi connectivity index (χ2v) is 6.43. The van der Waals surface area contributed by atoms with Gasteiger partial charge in [-0.25, -0.2) is 15.8 Å². The average molecular weight is 399 g/mol. The fraction of sp³-hybridized carbons (Fsp3) is 0.231. The van der Waals surface area contributed by atoms with Gasteiger partial charge in [0.05, 0.1) is 5.69 Å². The van der Waals surface area contributed by atoms with E-state index in [0.29, 0.717) is 11.7 Å². The molecule has 1 aromatic heterocycles. The van der Waals surface area contributed by atoms with Gasteiger partial charge in [-0.3, -0.25) is 0 Å². The Bertz CT molecular complexity index is 643. The Morgan fingerprint density at radius 3 is 2.50 bits per heavy atom. The Morgan fingerprint density at radius 2 is 1.85 bits per heavy atom. The molecule has 4 N–H and O–H groups in total. The van der Waals surface area contributed by atoms with Crippen molar-refractivity contribution in [2.45, 2.75) is 18.8 Å². The van der Waals surface area contributed by atoms with Crippen LogP contribution in [0.5, 0.6) is 0 Å². The number of nitrogen functional groups attached to an aromatic ring is 1. The highest BCUT2D eigenvalue weighted by atomic mass is 79.9. The van der Waals surface area contributed by atoms with Crippen molar-refractivity contribution in [2.75, 3.05) is 10.7 Å². The normalized spacial score (nSPS) is 14.2. The van der Waals surface area contributed by atoms with Crippen LogP contribution < -0.4 is 16.6 Å². The highest BCUT2D eigenvalue weighted by Gasteiger charge is 2.27. The summed E-state index contributed by atoms with van der Waals surface area (Å²) in [5.41, 5.74) is 3.53. The number of benzene rings is 1. The molecule has 20 heavy (non-hydrogen) atoms. The van der Waals surface area contributed by atoms with Crippen molar-refractivity contribution in [3.63, 3.8) is 0 Å². The molecule has 0 spiro atoms. The molecule has 0 radical (unpaired) electrons. The summed E-state index contributed by atoms with van der Waals surface area (Å²) in [5, 5.41) is 3.28. The number of aromatic nitrogens is 2. The van der Waals surface area contributed by atoms with Crippen LogP contribution in [0.25, 0.3) is 0 Å². The van der Waals surface area contributed by atoms with Gasteiger partial charge in [-0.05, 0) is 47.0 Å². The first-order chi connectivity index (χ1) is 9.65. The minimum Gasteiger partial charge on any atom is -0.339 e. The zero-order valence-electron chi connectivity index (χ0n) is 10.5. The number of nitrogens with one attached hydrogen (secondary N) is 2. The maximum Gasteiger partial charge on any atom is 0.145 e. The Morgan fingerprint density at radius 1 is 1.10 bits per heavy atom. The molecule has 1 heterocycles. The smallest absolute Gasteiger partial charge is 0.145 e. The third kappa shape index (κ3) is 3.11. The van der Waals surface area contributed by atoms with Crippen molar-refractivity contribution in [1.82, 2.24) is 9.97 Å². The quantitative estimate of drug-likeness (QED) is 0.537. The first-order valence-corrected chi connectivity index (χ1v) is 7.82. The summed E-state index contributed by atoms with van der Waals surface area (Å²) in [4.78, 5) is 8.94. The molecule has 5 nitrogen and oxygen atoms in total. The molecule has 0 amide bonds. The first kappa shape index (κ1) is 13.8. The molecule has 0 unspecified atom stereocenters. The summed E-state index contributed by atoms with van der Waals surface area (Å²) in [6.07, 6.45) is 2.30. The van der Waals surface area contributed by atoms with Gasteiger partial charge in [0.1, 0.15) is 17.5 Å². The number of anilines is 3. The van der Waals surface area contributed by atoms with E-state index in [9.17, 15) is 0 Å². The van der Waals surface area contributed by atoms with E-state index < -0.39 is 0 Å². The van der Waals surface area contributed by atoms with E-state index >= 15 is 0 Å². The largest absolute Gasteiger partial charge is 0.339 e. The molecule has 2 aromatic rings. The lowest BCUT2D eigenvalue weighted by Crippen LogP contribution is -2.11. The predicted molar refractivity (Wildman–Crippen MR) is 86.9 cm³/mol. The van der Waals surface area contributed by atoms with E-state index in [-0.39, 0.29) is 0 Å². The minimum absolute atomic E-state index is 0.470. The Labute approximate surface area is 133 Å². The lowest BCUT2D eigenvalue weighted by molar-refractivity contribution is 0.929. The van der Waals surface area contributed by atoms with Crippen molar-refractivity contribution < 1.29 is 0 Å². The van der Waals surface area contributed by atoms with Crippen molar-refractivity contribution >= 4 is 49.2 Å². The van der Waals surface area contributed by atoms with Gasteiger partial charge >= 0.3 is 0 Å². The van der Waals surface area contributed by atoms with Crippen LogP contribution in [-0.2, 0) is 0 Å². The highest BCUT2D eigenvalue weighted by molar-refractivity contribution is 9.11. The summed E-state index contributed by atoms with van der Waals surface area (Å²) in [7, 11) is 0. The zero-order valence-corrected chi connectivity index (χ0v) is 13.7. The Hall–Kier alpha value is -1.18. The van der Waals surface area contributed by atoms with Gasteiger partial charge in [-0.2, -0.15) is 0 Å². The van der Waals surface area contributed by atoms with Crippen molar-refractivity contribution in [2.24, 2.45) is 5.84 Å². The second-order valence-electron chi connectivity index (χ2n) is 4.66. The Balaban J connectivity index is 1.91. The molecule has 3 rings (SSSR count). The number of rotatable bonds is 4. The van der Waals surface area contributed by atoms with E-state index in [1.807, 2.05) is 18.2 Å². The van der Waals surface area contributed by atoms with E-state index in [2.05, 4.69) is 52.6 Å². The van der Waals surface area contributed by atoms with Crippen LogP contribution in [0.1, 0.15) is 24.6 Å². The summed E-state index contributed by atoms with van der Waals surface area (Å²) < 4.78 is 1.97. The van der Waals surface area contributed by atoms with Gasteiger partial charge in [0.2, 0.25) is 0 Å². The van der Waals surface area contributed by atoms with Crippen LogP contribution >= 0.6 is 31.9 Å². The molecule has 1 fully saturated rings. The molecule has 1 aliphatic rings. The van der Waals surface area contributed by atoms with E-state index in [1.165, 1.54) is 0 Å². The third-order valence-electron chi connectivity index (χ3n) is 3.03. The predicted octanol–water partition coefficient (Wildman–Crippen LogP) is 3.91. The first-order valence-electron chi connectivity index (χ1n) is 6.23. The van der Waals surface area contributed by atoms with E-state index in [4.69, 9.17) is 5.84 Å². The fourth-order valence-corrected chi connectivity index (χ4v) is 3.00. The minimum atomic E-state index is 0.470. The van der Waals surface area contributed by atoms with Gasteiger partial charge in [0, 0.05) is 20.9 Å². The standard InChI is InChI=1S/C13H13Br2N5/c14-8-3-4-10(9(15)5-8)17-11-6-12(20-16)19-13(18-11)7-1-2-7/h3-7H,1-2,16H2,(H2,17,18,19,20). The fourth-order valence-electron chi connectivity index (χ4n) is 1.86. The van der Waals surface area contributed by atoms with Crippen molar-refractivity contribution in [3.05, 3.63) is 39.0 Å². The lowest BCUT2D eigenvalue weighted by Gasteiger charge is -2.11. The van der Waals surface area contributed by atoms with Gasteiger partial charge in [-0.1, -0.05) is 15.9 Å². The molecule has 0 aliphatic heterocycles. The third-order valence-corrected chi connectivity index (χ3v) is 4.18. The number of hydrazine groups is 1. The lowest BCUT2D eigenvalue weighted by atomic mass is 10.3. The molecule has 7 heteroatoms. The van der Waals surface area contributed by atoms with Gasteiger partial charge in [0.25, 0.3) is 0 Å². The molecule has 104 valence electrons. The molecule has 0 saturated heterocycles. The number of nitrogens with zero attached hydrogens (tertiary/aromatic N) is 2. The Kier molecular flexibility index (Phi) is 3.91. The highest BCUT2D eigenvalue weighted by Crippen LogP contribution is 2.39. The molecule has 0 atom stereocenters. The summed E-state index contributed by atoms with van der Waals surface area (Å²) >= 11 is 6.96. The number of halogens is 2. The summed E-state index contributed by atoms with van der Waals surface area (Å²) in [6, 6.07) is 7.72. The number of hydrogen-bond acceptors (Lipinski definition) is 5. The maximum absolute atomic E-state index is 5.47. The van der Waals surface area contributed by atoms with E-state index in [1.54, 1.807) is 6.07 Å². The molecule has 0 bridgehead atoms. The zero-order chi connectivity index (χ0) is 14.1. The van der Waals surface area contributed by atoms with Crippen LogP contribution in [-0.4, -0.2) is 9.97 Å². The van der Waals surface area contributed by atoms with Crippen LogP contribution in [0, 0.1) is 0 Å². The summed E-state index contributed by atoms with van der Waals surface area (Å²) in [6.45, 7) is 0. The van der Waals surface area contributed by atoms with Crippen LogP contribution in [0.4, 0.5) is 17.3 Å². The SMILES string of the molecule is NNc1cc(Nc2ccc(Br)cc2Br)nc(C2CC2)n1. The molecule has 1 aromatic carbocycles. The number of nitrogens with two attached hydrogens (primary N) is 1. The van der Waals surface area contributed by atoms with Gasteiger partial charge < -0.3 is 10.7 Å². The van der Waals surface area contributed by atoms with Crippen LogP contribution in [0.15, 0.2) is 33.2 Å². The molecule has 1 aliphatic carbocycles. The second kappa shape index (κ2) is 5.67. The monoisotopic (exact) mass is 397 g/mol. The van der Waals surface area contributed by atoms with Gasteiger partial charge in [0.15, 0.2) is 0 Å².